The highest BCUT2D eigenvalue weighted by Gasteiger charge is 2.10. The lowest BCUT2D eigenvalue weighted by Gasteiger charge is -2.09. The van der Waals surface area contributed by atoms with Crippen molar-refractivity contribution in [1.29, 1.82) is 0 Å². The molecular formula is C14H11IO. The van der Waals surface area contributed by atoms with E-state index in [2.05, 4.69) is 6.58 Å². The first-order valence-electron chi connectivity index (χ1n) is 4.98. The Balaban J connectivity index is 2.92. The third kappa shape index (κ3) is 1.89. The van der Waals surface area contributed by atoms with Gasteiger partial charge in [0, 0.05) is 33.5 Å². The number of fused-ring (bicyclic) bond motifs is 1. The molecule has 2 aromatic rings. The van der Waals surface area contributed by atoms with Crippen molar-refractivity contribution in [2.24, 2.45) is 0 Å². The summed E-state index contributed by atoms with van der Waals surface area (Å²) in [4.78, 5) is 11.6. The van der Waals surface area contributed by atoms with Gasteiger partial charge in [-0.15, -0.1) is 0 Å². The first-order chi connectivity index (χ1) is 7.61. The molecule has 0 amide bonds. The Morgan fingerprint density at radius 2 is 1.69 bits per heavy atom. The predicted molar refractivity (Wildman–Crippen MR) is 77.0 cm³/mol. The van der Waals surface area contributed by atoms with Gasteiger partial charge in [-0.25, -0.2) is 0 Å². The van der Waals surface area contributed by atoms with Gasteiger partial charge in [0.15, 0.2) is 0 Å². The zero-order valence-corrected chi connectivity index (χ0v) is 11.1. The molecule has 0 fully saturated rings. The lowest BCUT2D eigenvalue weighted by Crippen LogP contribution is -1.93. The van der Waals surface area contributed by atoms with Crippen LogP contribution < -0.4 is 0 Å². The molecule has 0 heterocycles. The minimum absolute atomic E-state index is 0.0666. The number of hydrogen-bond acceptors (Lipinski definition) is 1. The Hall–Kier alpha value is -1.16. The molecule has 80 valence electrons. The number of rotatable bonds is 2. The lowest BCUT2D eigenvalue weighted by molar-refractivity contribution is 0.110. The van der Waals surface area contributed by atoms with Crippen LogP contribution in [-0.2, 0) is 0 Å². The summed E-state index contributed by atoms with van der Waals surface area (Å²) in [5, 5.41) is 2.10. The Labute approximate surface area is 108 Å². The standard InChI is InChI=1S/C14H11IO/c1-9(2)11-7-3-5-10-6-4-8-12(13(10)11)14(15)16/h3-8H,1H2,2H3. The second-order valence-electron chi connectivity index (χ2n) is 3.76. The Kier molecular flexibility index (Phi) is 3.10. The fraction of sp³-hybridized carbons (Fsp3) is 0.0714. The second-order valence-corrected chi connectivity index (χ2v) is 4.74. The smallest absolute Gasteiger partial charge is 0.223 e. The van der Waals surface area contributed by atoms with Crippen LogP contribution in [0.2, 0.25) is 0 Å². The lowest BCUT2D eigenvalue weighted by atomic mass is 9.96. The van der Waals surface area contributed by atoms with Crippen molar-refractivity contribution in [2.75, 3.05) is 0 Å². The Morgan fingerprint density at radius 3 is 2.19 bits per heavy atom. The van der Waals surface area contributed by atoms with Crippen LogP contribution in [-0.4, -0.2) is 3.79 Å². The first kappa shape index (κ1) is 11.3. The third-order valence-electron chi connectivity index (χ3n) is 2.58. The van der Waals surface area contributed by atoms with E-state index in [0.29, 0.717) is 0 Å². The quantitative estimate of drug-likeness (QED) is 0.590. The molecule has 0 aliphatic carbocycles. The molecule has 0 saturated heterocycles. The molecule has 0 aliphatic heterocycles. The van der Waals surface area contributed by atoms with Crippen LogP contribution in [0.1, 0.15) is 22.8 Å². The average Bonchev–Trinajstić information content (AvgIpc) is 2.27. The molecule has 0 radical (unpaired) electrons. The maximum absolute atomic E-state index is 11.6. The van der Waals surface area contributed by atoms with Crippen molar-refractivity contribution in [1.82, 2.24) is 0 Å². The fourth-order valence-corrected chi connectivity index (χ4v) is 2.31. The zero-order chi connectivity index (χ0) is 11.7. The molecule has 0 unspecified atom stereocenters. The summed E-state index contributed by atoms with van der Waals surface area (Å²) in [7, 11) is 0. The largest absolute Gasteiger partial charge is 0.282 e. The van der Waals surface area contributed by atoms with E-state index in [1.807, 2.05) is 65.9 Å². The second kappa shape index (κ2) is 4.37. The van der Waals surface area contributed by atoms with E-state index < -0.39 is 0 Å². The summed E-state index contributed by atoms with van der Waals surface area (Å²) >= 11 is 1.83. The molecule has 0 aliphatic rings. The van der Waals surface area contributed by atoms with Crippen LogP contribution in [0.4, 0.5) is 0 Å². The van der Waals surface area contributed by atoms with Crippen molar-refractivity contribution in [3.05, 3.63) is 54.1 Å². The zero-order valence-electron chi connectivity index (χ0n) is 8.96. The van der Waals surface area contributed by atoms with Gasteiger partial charge >= 0.3 is 0 Å². The summed E-state index contributed by atoms with van der Waals surface area (Å²) in [6.07, 6.45) is 0. The predicted octanol–water partition coefficient (Wildman–Crippen LogP) is 4.45. The van der Waals surface area contributed by atoms with Gasteiger partial charge in [-0.2, -0.15) is 0 Å². The van der Waals surface area contributed by atoms with E-state index in [-0.39, 0.29) is 3.79 Å². The van der Waals surface area contributed by atoms with Crippen molar-refractivity contribution in [3.8, 4) is 0 Å². The van der Waals surface area contributed by atoms with Gasteiger partial charge in [0.1, 0.15) is 0 Å². The molecule has 0 N–H and O–H groups in total. The highest BCUT2D eigenvalue weighted by Crippen LogP contribution is 2.28. The van der Waals surface area contributed by atoms with E-state index in [1.165, 1.54) is 0 Å². The van der Waals surface area contributed by atoms with Crippen LogP contribution in [0.5, 0.6) is 0 Å². The first-order valence-corrected chi connectivity index (χ1v) is 6.06. The molecule has 2 aromatic carbocycles. The van der Waals surface area contributed by atoms with E-state index in [1.54, 1.807) is 0 Å². The summed E-state index contributed by atoms with van der Waals surface area (Å²) in [6, 6.07) is 11.8. The van der Waals surface area contributed by atoms with Gasteiger partial charge in [0.2, 0.25) is 3.79 Å². The van der Waals surface area contributed by atoms with E-state index in [4.69, 9.17) is 0 Å². The van der Waals surface area contributed by atoms with Gasteiger partial charge in [-0.1, -0.05) is 42.5 Å². The van der Waals surface area contributed by atoms with Crippen LogP contribution in [0.15, 0.2) is 43.0 Å². The maximum atomic E-state index is 11.6. The minimum Gasteiger partial charge on any atom is -0.282 e. The fourth-order valence-electron chi connectivity index (χ4n) is 1.86. The van der Waals surface area contributed by atoms with Crippen molar-refractivity contribution < 1.29 is 4.79 Å². The number of carbonyl (C=O) groups is 1. The third-order valence-corrected chi connectivity index (χ3v) is 3.16. The van der Waals surface area contributed by atoms with Gasteiger partial charge in [0.05, 0.1) is 0 Å². The highest BCUT2D eigenvalue weighted by molar-refractivity contribution is 14.1. The molecule has 0 spiro atoms. The van der Waals surface area contributed by atoms with Gasteiger partial charge in [-0.05, 0) is 23.9 Å². The topological polar surface area (TPSA) is 17.1 Å². The SMILES string of the molecule is C=C(C)c1cccc2cccc(C(=O)I)c12. The average molecular weight is 322 g/mol. The van der Waals surface area contributed by atoms with Crippen LogP contribution >= 0.6 is 22.6 Å². The molecule has 0 bridgehead atoms. The summed E-state index contributed by atoms with van der Waals surface area (Å²) < 4.78 is 0.0666. The van der Waals surface area contributed by atoms with Crippen molar-refractivity contribution >= 4 is 42.7 Å². The number of carbonyl (C=O) groups excluding carboxylic acids is 1. The maximum Gasteiger partial charge on any atom is 0.223 e. The summed E-state index contributed by atoms with van der Waals surface area (Å²) in [5.74, 6) is 0. The van der Waals surface area contributed by atoms with Crippen LogP contribution in [0.25, 0.3) is 16.3 Å². The summed E-state index contributed by atoms with van der Waals surface area (Å²) in [6.45, 7) is 5.92. The molecule has 2 rings (SSSR count). The van der Waals surface area contributed by atoms with Crippen LogP contribution in [0.3, 0.4) is 0 Å². The number of benzene rings is 2. The van der Waals surface area contributed by atoms with Crippen molar-refractivity contribution in [3.63, 3.8) is 0 Å². The monoisotopic (exact) mass is 322 g/mol. The normalized spacial score (nSPS) is 10.4. The van der Waals surface area contributed by atoms with E-state index in [9.17, 15) is 4.79 Å². The van der Waals surface area contributed by atoms with Crippen molar-refractivity contribution in [2.45, 2.75) is 6.92 Å². The molecule has 2 heteroatoms. The summed E-state index contributed by atoms with van der Waals surface area (Å²) in [5.41, 5.74) is 2.80. The Bertz CT molecular complexity index is 536. The highest BCUT2D eigenvalue weighted by atomic mass is 127. The van der Waals surface area contributed by atoms with Gasteiger partial charge < -0.3 is 0 Å². The molecule has 0 atom stereocenters. The number of hydrogen-bond donors (Lipinski definition) is 0. The molecule has 0 aromatic heterocycles. The number of halogens is 1. The Morgan fingerprint density at radius 1 is 1.12 bits per heavy atom. The molecular weight excluding hydrogens is 311 g/mol. The van der Waals surface area contributed by atoms with E-state index in [0.717, 1.165) is 27.5 Å². The molecule has 1 nitrogen and oxygen atoms in total. The van der Waals surface area contributed by atoms with Gasteiger partial charge in [-0.3, -0.25) is 4.79 Å². The van der Waals surface area contributed by atoms with E-state index >= 15 is 0 Å². The molecule has 0 saturated carbocycles. The molecule has 16 heavy (non-hydrogen) atoms. The van der Waals surface area contributed by atoms with Gasteiger partial charge in [0.25, 0.3) is 0 Å². The van der Waals surface area contributed by atoms with Crippen LogP contribution in [0, 0.1) is 0 Å². The minimum atomic E-state index is 0.0666. The number of allylic oxidation sites excluding steroid dienone is 1.